The van der Waals surface area contributed by atoms with Gasteiger partial charge in [0.25, 0.3) is 0 Å². The van der Waals surface area contributed by atoms with Gasteiger partial charge in [-0.05, 0) is 37.3 Å². The normalized spacial score (nSPS) is 24.1. The summed E-state index contributed by atoms with van der Waals surface area (Å²) in [6.07, 6.45) is 4.32. The topological polar surface area (TPSA) is 123 Å². The Hall–Kier alpha value is -3.18. The fraction of sp³-hybridized carbons (Fsp3) is 0.478. The van der Waals surface area contributed by atoms with Crippen LogP contribution in [0.1, 0.15) is 56.6 Å². The molecule has 0 saturated heterocycles. The van der Waals surface area contributed by atoms with Gasteiger partial charge in [0.1, 0.15) is 17.5 Å². The molecule has 2 aliphatic rings. The van der Waals surface area contributed by atoms with Gasteiger partial charge in [-0.15, -0.1) is 0 Å². The van der Waals surface area contributed by atoms with E-state index in [-0.39, 0.29) is 23.3 Å². The second-order valence-electron chi connectivity index (χ2n) is 8.88. The zero-order chi connectivity index (χ0) is 22.0. The lowest BCUT2D eigenvalue weighted by molar-refractivity contribution is -0.117. The van der Waals surface area contributed by atoms with Gasteiger partial charge in [-0.3, -0.25) is 4.79 Å². The molecule has 1 saturated carbocycles. The molecule has 3 atom stereocenters. The number of hydrogen-bond acceptors (Lipinski definition) is 7. The fourth-order valence-electron chi connectivity index (χ4n) is 4.46. The van der Waals surface area contributed by atoms with Gasteiger partial charge in [-0.2, -0.15) is 10.2 Å². The van der Waals surface area contributed by atoms with Crippen LogP contribution in [0.4, 0.5) is 17.5 Å². The van der Waals surface area contributed by atoms with Gasteiger partial charge >= 0.3 is 0 Å². The standard InChI is InChI=1S/C23H28N6O2/c1-23(2)18(8-5-9-19(23)30)28-20-14(12-24)13-26-22(29-20)25-11-10-16-15-6-3-4-7-17(15)27-21(16)31/h3-4,6-7,13,16,18-19,30H,5,8-11H2,1-2H3,(H,27,31)(H2,25,26,28,29)/t16?,18-,19+/m0/s1. The Kier molecular flexibility index (Phi) is 5.79. The van der Waals surface area contributed by atoms with E-state index in [0.717, 1.165) is 30.5 Å². The van der Waals surface area contributed by atoms with Crippen LogP contribution in [0.2, 0.25) is 0 Å². The summed E-state index contributed by atoms with van der Waals surface area (Å²) in [5, 5.41) is 29.3. The molecule has 162 valence electrons. The molecule has 1 aliphatic heterocycles. The van der Waals surface area contributed by atoms with Crippen molar-refractivity contribution < 1.29 is 9.90 Å². The smallest absolute Gasteiger partial charge is 0.232 e. The van der Waals surface area contributed by atoms with Crippen LogP contribution in [0.5, 0.6) is 0 Å². The third-order valence-corrected chi connectivity index (χ3v) is 6.57. The summed E-state index contributed by atoms with van der Waals surface area (Å²) >= 11 is 0. The molecular weight excluding hydrogens is 392 g/mol. The molecule has 2 aromatic rings. The van der Waals surface area contributed by atoms with E-state index in [1.54, 1.807) is 0 Å². The van der Waals surface area contributed by atoms with Crippen LogP contribution in [0, 0.1) is 16.7 Å². The highest BCUT2D eigenvalue weighted by molar-refractivity contribution is 6.02. The van der Waals surface area contributed by atoms with Crippen molar-refractivity contribution in [3.63, 3.8) is 0 Å². The molecule has 1 unspecified atom stereocenters. The lowest BCUT2D eigenvalue weighted by Crippen LogP contribution is -2.48. The number of nitriles is 1. The number of aromatic nitrogens is 2. The number of aliphatic hydroxyl groups is 1. The van der Waals surface area contributed by atoms with Gasteiger partial charge in [0.15, 0.2) is 0 Å². The van der Waals surface area contributed by atoms with Crippen molar-refractivity contribution >= 4 is 23.4 Å². The highest BCUT2D eigenvalue weighted by atomic mass is 16.3. The summed E-state index contributed by atoms with van der Waals surface area (Å²) in [7, 11) is 0. The van der Waals surface area contributed by atoms with Gasteiger partial charge in [-0.25, -0.2) is 4.98 Å². The lowest BCUT2D eigenvalue weighted by Gasteiger charge is -2.43. The number of nitrogens with zero attached hydrogens (tertiary/aromatic N) is 3. The van der Waals surface area contributed by atoms with E-state index in [1.165, 1.54) is 6.20 Å². The lowest BCUT2D eigenvalue weighted by atomic mass is 9.71. The molecule has 4 N–H and O–H groups in total. The number of hydrogen-bond donors (Lipinski definition) is 4. The number of para-hydroxylation sites is 1. The van der Waals surface area contributed by atoms with E-state index in [4.69, 9.17) is 0 Å². The minimum atomic E-state index is -0.399. The van der Waals surface area contributed by atoms with Crippen LogP contribution >= 0.6 is 0 Å². The quantitative estimate of drug-likeness (QED) is 0.566. The molecule has 1 aromatic heterocycles. The van der Waals surface area contributed by atoms with Crippen molar-refractivity contribution in [3.05, 3.63) is 41.6 Å². The first-order valence-electron chi connectivity index (χ1n) is 10.8. The molecular formula is C23H28N6O2. The van der Waals surface area contributed by atoms with Gasteiger partial charge in [0.2, 0.25) is 11.9 Å². The monoisotopic (exact) mass is 420 g/mol. The highest BCUT2D eigenvalue weighted by Crippen LogP contribution is 2.38. The zero-order valence-corrected chi connectivity index (χ0v) is 17.9. The van der Waals surface area contributed by atoms with E-state index < -0.39 is 6.10 Å². The number of aliphatic hydroxyl groups excluding tert-OH is 1. The maximum atomic E-state index is 12.3. The number of carbonyl (C=O) groups is 1. The maximum absolute atomic E-state index is 12.3. The van der Waals surface area contributed by atoms with Crippen molar-refractivity contribution in [1.82, 2.24) is 9.97 Å². The molecule has 1 fully saturated rings. The summed E-state index contributed by atoms with van der Waals surface area (Å²) in [4.78, 5) is 21.0. The number of benzene rings is 1. The Labute approximate surface area is 182 Å². The van der Waals surface area contributed by atoms with Crippen molar-refractivity contribution in [2.24, 2.45) is 5.41 Å². The predicted octanol–water partition coefficient (Wildman–Crippen LogP) is 3.24. The van der Waals surface area contributed by atoms with Gasteiger partial charge < -0.3 is 21.1 Å². The van der Waals surface area contributed by atoms with Crippen LogP contribution < -0.4 is 16.0 Å². The number of rotatable bonds is 6. The van der Waals surface area contributed by atoms with Gasteiger partial charge in [0, 0.05) is 23.7 Å². The summed E-state index contributed by atoms with van der Waals surface area (Å²) in [6, 6.07) is 9.87. The highest BCUT2D eigenvalue weighted by Gasteiger charge is 2.40. The first-order valence-corrected chi connectivity index (χ1v) is 10.8. The minimum Gasteiger partial charge on any atom is -0.392 e. The molecule has 1 aromatic carbocycles. The number of fused-ring (bicyclic) bond motifs is 1. The van der Waals surface area contributed by atoms with Gasteiger partial charge in [0.05, 0.1) is 18.2 Å². The van der Waals surface area contributed by atoms with Gasteiger partial charge in [-0.1, -0.05) is 32.0 Å². The van der Waals surface area contributed by atoms with E-state index in [2.05, 4.69) is 32.0 Å². The first-order chi connectivity index (χ1) is 14.9. The largest absolute Gasteiger partial charge is 0.392 e. The van der Waals surface area contributed by atoms with Crippen LogP contribution in [0.25, 0.3) is 0 Å². The van der Waals surface area contributed by atoms with Crippen LogP contribution in [-0.2, 0) is 4.79 Å². The number of carbonyl (C=O) groups excluding carboxylic acids is 1. The molecule has 31 heavy (non-hydrogen) atoms. The summed E-state index contributed by atoms with van der Waals surface area (Å²) in [5.74, 6) is 0.673. The Bertz CT molecular complexity index is 1020. The Balaban J connectivity index is 1.43. The number of anilines is 3. The van der Waals surface area contributed by atoms with E-state index in [9.17, 15) is 15.2 Å². The summed E-state index contributed by atoms with van der Waals surface area (Å²) < 4.78 is 0. The molecule has 8 nitrogen and oxygen atoms in total. The van der Waals surface area contributed by atoms with Crippen molar-refractivity contribution in [1.29, 1.82) is 5.26 Å². The summed E-state index contributed by atoms with van der Waals surface area (Å²) in [5.41, 5.74) is 1.92. The molecule has 0 radical (unpaired) electrons. The molecule has 2 heterocycles. The Morgan fingerprint density at radius 2 is 2.13 bits per heavy atom. The van der Waals surface area contributed by atoms with Crippen molar-refractivity contribution in [2.75, 3.05) is 22.5 Å². The third kappa shape index (κ3) is 4.19. The van der Waals surface area contributed by atoms with E-state index in [0.29, 0.717) is 30.3 Å². The second kappa shape index (κ2) is 8.52. The average Bonchev–Trinajstić information content (AvgIpc) is 3.07. The maximum Gasteiger partial charge on any atom is 0.232 e. The number of nitrogens with one attached hydrogen (secondary N) is 3. The van der Waals surface area contributed by atoms with E-state index >= 15 is 0 Å². The molecule has 0 bridgehead atoms. The molecule has 1 amide bonds. The van der Waals surface area contributed by atoms with E-state index in [1.807, 2.05) is 38.1 Å². The zero-order valence-electron chi connectivity index (χ0n) is 17.9. The Morgan fingerprint density at radius 1 is 1.32 bits per heavy atom. The fourth-order valence-corrected chi connectivity index (χ4v) is 4.46. The molecule has 1 aliphatic carbocycles. The van der Waals surface area contributed by atoms with Crippen LogP contribution in [-0.4, -0.2) is 39.7 Å². The van der Waals surface area contributed by atoms with Crippen LogP contribution in [0.3, 0.4) is 0 Å². The Morgan fingerprint density at radius 3 is 2.94 bits per heavy atom. The number of amides is 1. The third-order valence-electron chi connectivity index (χ3n) is 6.57. The van der Waals surface area contributed by atoms with Crippen LogP contribution in [0.15, 0.2) is 30.5 Å². The van der Waals surface area contributed by atoms with Crippen molar-refractivity contribution in [2.45, 2.75) is 57.6 Å². The van der Waals surface area contributed by atoms with Crippen molar-refractivity contribution in [3.8, 4) is 6.07 Å². The molecule has 0 spiro atoms. The minimum absolute atomic E-state index is 0.00388. The molecule has 8 heteroatoms. The summed E-state index contributed by atoms with van der Waals surface area (Å²) in [6.45, 7) is 4.59. The second-order valence-corrected chi connectivity index (χ2v) is 8.88. The predicted molar refractivity (Wildman–Crippen MR) is 119 cm³/mol. The SMILES string of the molecule is CC1(C)[C@H](O)CCC[C@@H]1Nc1nc(NCCC2C(=O)Nc3ccccc32)ncc1C#N. The average molecular weight is 421 g/mol. The first kappa shape index (κ1) is 21.1. The molecule has 4 rings (SSSR count).